The van der Waals surface area contributed by atoms with E-state index in [2.05, 4.69) is 19.4 Å². The van der Waals surface area contributed by atoms with Gasteiger partial charge in [-0.15, -0.1) is 0 Å². The number of primary amides is 1. The Kier molecular flexibility index (Phi) is 5.29. The number of alkyl halides is 3. The first kappa shape index (κ1) is 18.0. The Hall–Kier alpha value is -2.34. The molecule has 2 rings (SSSR count). The molecule has 8 nitrogen and oxygen atoms in total. The van der Waals surface area contributed by atoms with Gasteiger partial charge in [-0.3, -0.25) is 9.78 Å². The highest BCUT2D eigenvalue weighted by Gasteiger charge is 2.28. The van der Waals surface area contributed by atoms with Gasteiger partial charge in [-0.05, 0) is 18.3 Å². The topological polar surface area (TPSA) is 115 Å². The van der Waals surface area contributed by atoms with Gasteiger partial charge in [-0.25, -0.2) is 4.79 Å². The first-order valence-corrected chi connectivity index (χ1v) is 6.98. The third-order valence-corrected chi connectivity index (χ3v) is 3.31. The molecule has 0 saturated heterocycles. The second-order valence-electron chi connectivity index (χ2n) is 4.78. The highest BCUT2D eigenvalue weighted by atomic mass is 32.1. The van der Waals surface area contributed by atoms with Crippen LogP contribution in [0.25, 0.3) is 11.0 Å². The van der Waals surface area contributed by atoms with Crippen LogP contribution < -0.4 is 11.3 Å². The van der Waals surface area contributed by atoms with Crippen LogP contribution in [0.15, 0.2) is 17.1 Å². The van der Waals surface area contributed by atoms with Crippen molar-refractivity contribution in [2.75, 3.05) is 19.8 Å². The SMILES string of the molecule is NC(=O)OCC(COCC(F)(F)F)n1c(=S)[nH]c(=O)c2[nH]ccc21. The van der Waals surface area contributed by atoms with E-state index < -0.39 is 37.1 Å². The van der Waals surface area contributed by atoms with Crippen molar-refractivity contribution in [3.8, 4) is 0 Å². The Bertz CT molecular complexity index is 841. The summed E-state index contributed by atoms with van der Waals surface area (Å²) in [7, 11) is 0. The standard InChI is InChI=1S/C12H13F3N4O4S/c13-12(14,15)5-22-3-6(4-23-10(16)21)19-7-1-2-17-8(7)9(20)18-11(19)24/h1-2,6,17H,3-5H2,(H2,16,21)(H,18,20,24). The number of hydrogen-bond acceptors (Lipinski definition) is 5. The molecule has 132 valence electrons. The zero-order chi connectivity index (χ0) is 17.9. The van der Waals surface area contributed by atoms with E-state index in [1.165, 1.54) is 16.8 Å². The molecule has 0 fully saturated rings. The normalized spacial score (nSPS) is 13.1. The van der Waals surface area contributed by atoms with Gasteiger partial charge >= 0.3 is 12.3 Å². The van der Waals surface area contributed by atoms with Crippen LogP contribution >= 0.6 is 12.2 Å². The van der Waals surface area contributed by atoms with Crippen LogP contribution in [0.1, 0.15) is 6.04 Å². The number of aromatic nitrogens is 3. The number of carbonyl (C=O) groups excluding carboxylic acids is 1. The molecule has 0 aliphatic carbocycles. The molecule has 0 radical (unpaired) electrons. The fourth-order valence-electron chi connectivity index (χ4n) is 2.12. The number of amides is 1. The summed E-state index contributed by atoms with van der Waals surface area (Å²) >= 11 is 5.06. The number of nitrogens with zero attached hydrogens (tertiary/aromatic N) is 1. The molecule has 0 spiro atoms. The van der Waals surface area contributed by atoms with E-state index in [0.717, 1.165) is 0 Å². The van der Waals surface area contributed by atoms with Crippen LogP contribution in [0.3, 0.4) is 0 Å². The molecule has 0 saturated carbocycles. The van der Waals surface area contributed by atoms with Crippen LogP contribution in [0.2, 0.25) is 0 Å². The molecule has 0 aliphatic rings. The minimum Gasteiger partial charge on any atom is -0.447 e. The smallest absolute Gasteiger partial charge is 0.411 e. The largest absolute Gasteiger partial charge is 0.447 e. The number of nitrogens with two attached hydrogens (primary N) is 1. The lowest BCUT2D eigenvalue weighted by Crippen LogP contribution is -2.29. The maximum absolute atomic E-state index is 12.2. The van der Waals surface area contributed by atoms with E-state index in [0.29, 0.717) is 5.52 Å². The first-order chi connectivity index (χ1) is 11.2. The molecule has 1 atom stereocenters. The quantitative estimate of drug-likeness (QED) is 0.672. The fraction of sp³-hybridized carbons (Fsp3) is 0.417. The number of rotatable bonds is 6. The van der Waals surface area contributed by atoms with Crippen molar-refractivity contribution < 1.29 is 27.4 Å². The van der Waals surface area contributed by atoms with Gasteiger partial charge < -0.3 is 24.8 Å². The number of nitrogens with one attached hydrogen (secondary N) is 2. The third kappa shape index (κ3) is 4.35. The minimum atomic E-state index is -4.51. The average Bonchev–Trinajstić information content (AvgIpc) is 2.92. The molecule has 1 unspecified atom stereocenters. The molecule has 2 aromatic rings. The Morgan fingerprint density at radius 1 is 1.42 bits per heavy atom. The highest BCUT2D eigenvalue weighted by molar-refractivity contribution is 7.71. The van der Waals surface area contributed by atoms with Crippen LogP contribution in [0.4, 0.5) is 18.0 Å². The minimum absolute atomic E-state index is 0.0548. The monoisotopic (exact) mass is 366 g/mol. The number of ether oxygens (including phenoxy) is 2. The van der Waals surface area contributed by atoms with E-state index in [1.807, 2.05) is 0 Å². The maximum atomic E-state index is 12.2. The van der Waals surface area contributed by atoms with Gasteiger partial charge in [0.05, 0.1) is 18.2 Å². The average molecular weight is 366 g/mol. The van der Waals surface area contributed by atoms with E-state index in [4.69, 9.17) is 18.0 Å². The summed E-state index contributed by atoms with van der Waals surface area (Å²) in [5.41, 5.74) is 4.91. The molecular weight excluding hydrogens is 353 g/mol. The third-order valence-electron chi connectivity index (χ3n) is 3.01. The molecule has 12 heteroatoms. The molecule has 2 aromatic heterocycles. The maximum Gasteiger partial charge on any atom is 0.411 e. The van der Waals surface area contributed by atoms with Crippen LogP contribution in [0, 0.1) is 4.77 Å². The lowest BCUT2D eigenvalue weighted by molar-refractivity contribution is -0.176. The van der Waals surface area contributed by atoms with Crippen molar-refractivity contribution in [2.45, 2.75) is 12.2 Å². The molecule has 0 aliphatic heterocycles. The predicted octanol–water partition coefficient (Wildman–Crippen LogP) is 1.60. The van der Waals surface area contributed by atoms with Gasteiger partial charge in [-0.2, -0.15) is 13.2 Å². The molecule has 4 N–H and O–H groups in total. The number of carbonyl (C=O) groups is 1. The van der Waals surface area contributed by atoms with Crippen molar-refractivity contribution in [3.63, 3.8) is 0 Å². The van der Waals surface area contributed by atoms with E-state index >= 15 is 0 Å². The first-order valence-electron chi connectivity index (χ1n) is 6.57. The van der Waals surface area contributed by atoms with Gasteiger partial charge in [0.2, 0.25) is 0 Å². The van der Waals surface area contributed by atoms with Crippen molar-refractivity contribution >= 4 is 29.3 Å². The summed E-state index contributed by atoms with van der Waals surface area (Å²) in [5.74, 6) is 0. The number of H-pyrrole nitrogens is 2. The second-order valence-corrected chi connectivity index (χ2v) is 5.17. The molecule has 2 heterocycles. The van der Waals surface area contributed by atoms with Gasteiger partial charge in [0.25, 0.3) is 5.56 Å². The zero-order valence-electron chi connectivity index (χ0n) is 12.1. The summed E-state index contributed by atoms with van der Waals surface area (Å²) in [6.45, 7) is -2.33. The highest BCUT2D eigenvalue weighted by Crippen LogP contribution is 2.19. The number of aromatic amines is 2. The lowest BCUT2D eigenvalue weighted by Gasteiger charge is -2.21. The van der Waals surface area contributed by atoms with Gasteiger partial charge in [0.1, 0.15) is 18.7 Å². The summed E-state index contributed by atoms with van der Waals surface area (Å²) in [6, 6.07) is 0.601. The predicted molar refractivity (Wildman–Crippen MR) is 79.2 cm³/mol. The second kappa shape index (κ2) is 7.05. The van der Waals surface area contributed by atoms with Gasteiger partial charge in [-0.1, -0.05) is 0 Å². The van der Waals surface area contributed by atoms with E-state index in [9.17, 15) is 22.8 Å². The summed E-state index contributed by atoms with van der Waals surface area (Å²) in [4.78, 5) is 27.7. The van der Waals surface area contributed by atoms with Crippen molar-refractivity contribution in [1.29, 1.82) is 0 Å². The summed E-state index contributed by atoms with van der Waals surface area (Å²) in [5, 5.41) is 0. The number of fused-ring (bicyclic) bond motifs is 1. The van der Waals surface area contributed by atoms with Gasteiger partial charge in [0.15, 0.2) is 4.77 Å². The lowest BCUT2D eigenvalue weighted by atomic mass is 10.3. The Labute approximate surface area is 137 Å². The summed E-state index contributed by atoms with van der Waals surface area (Å²) in [6.07, 6.45) is -4.14. The van der Waals surface area contributed by atoms with E-state index in [-0.39, 0.29) is 16.9 Å². The van der Waals surface area contributed by atoms with E-state index in [1.54, 1.807) is 0 Å². The van der Waals surface area contributed by atoms with Crippen molar-refractivity contribution in [3.05, 3.63) is 27.4 Å². The Morgan fingerprint density at radius 3 is 2.75 bits per heavy atom. The molecule has 1 amide bonds. The molecule has 0 aromatic carbocycles. The fourth-order valence-corrected chi connectivity index (χ4v) is 2.46. The Morgan fingerprint density at radius 2 is 2.12 bits per heavy atom. The van der Waals surface area contributed by atoms with Crippen LogP contribution in [-0.2, 0) is 9.47 Å². The molecular formula is C12H13F3N4O4S. The summed E-state index contributed by atoms with van der Waals surface area (Å²) < 4.78 is 47.3. The van der Waals surface area contributed by atoms with Gasteiger partial charge in [0, 0.05) is 6.20 Å². The van der Waals surface area contributed by atoms with Crippen molar-refractivity contribution in [1.82, 2.24) is 14.5 Å². The number of halogens is 3. The molecule has 24 heavy (non-hydrogen) atoms. The van der Waals surface area contributed by atoms with Crippen LogP contribution in [0.5, 0.6) is 0 Å². The van der Waals surface area contributed by atoms with Crippen molar-refractivity contribution in [2.24, 2.45) is 5.73 Å². The number of hydrogen-bond donors (Lipinski definition) is 3. The zero-order valence-corrected chi connectivity index (χ0v) is 12.9. The van der Waals surface area contributed by atoms with Crippen LogP contribution in [-0.4, -0.2) is 46.6 Å². The molecule has 0 bridgehead atoms. The Balaban J connectivity index is 2.36.